The number of hydrogen-bond acceptors (Lipinski definition) is 1. The van der Waals surface area contributed by atoms with E-state index in [4.69, 9.17) is 5.84 Å². The second kappa shape index (κ2) is 2.96. The summed E-state index contributed by atoms with van der Waals surface area (Å²) in [4.78, 5) is 4.59. The standard InChI is InChI=1S/C4H12N2O/c1-4(2)6(5)7-3/h4-6H,1-3H3. The Kier molecular flexibility index (Phi) is 2.91. The molecule has 0 amide bonds. The lowest BCUT2D eigenvalue weighted by atomic mass is 10.4. The SMILES string of the molecule is CO[NH+]([NH-])C(C)C. The molecule has 1 unspecified atom stereocenters. The molecule has 0 aromatic carbocycles. The maximum Gasteiger partial charge on any atom is 0.102 e. The Balaban J connectivity index is 3.14. The molecule has 0 radical (unpaired) electrons. The molecule has 0 aromatic rings. The van der Waals surface area contributed by atoms with E-state index in [2.05, 4.69) is 4.84 Å². The normalized spacial score (nSPS) is 15.0. The van der Waals surface area contributed by atoms with Gasteiger partial charge in [-0.2, -0.15) is 0 Å². The smallest absolute Gasteiger partial charge is 0.102 e. The van der Waals surface area contributed by atoms with Gasteiger partial charge in [0.25, 0.3) is 0 Å². The molecule has 1 atom stereocenters. The molecular formula is C4H12N2O. The summed E-state index contributed by atoms with van der Waals surface area (Å²) in [7, 11) is 1.52. The highest BCUT2D eigenvalue weighted by molar-refractivity contribution is 4.25. The molecule has 0 aliphatic heterocycles. The number of rotatable bonds is 2. The Bertz CT molecular complexity index is 47.0. The number of nitrogens with one attached hydrogen (secondary N) is 2. The quantitative estimate of drug-likeness (QED) is 0.484. The zero-order chi connectivity index (χ0) is 5.86. The number of quaternary nitrogens is 1. The van der Waals surface area contributed by atoms with Crippen LogP contribution in [-0.2, 0) is 4.84 Å². The summed E-state index contributed by atoms with van der Waals surface area (Å²) in [6.45, 7) is 3.84. The first-order chi connectivity index (χ1) is 3.18. The third-order valence-corrected chi connectivity index (χ3v) is 0.744. The first-order valence-corrected chi connectivity index (χ1v) is 2.31. The Labute approximate surface area is 44.0 Å². The van der Waals surface area contributed by atoms with E-state index in [1.807, 2.05) is 13.8 Å². The molecule has 0 aromatic heterocycles. The van der Waals surface area contributed by atoms with Crippen LogP contribution in [0.25, 0.3) is 5.84 Å². The zero-order valence-electron chi connectivity index (χ0n) is 4.99. The van der Waals surface area contributed by atoms with Crippen LogP contribution >= 0.6 is 0 Å². The summed E-state index contributed by atoms with van der Waals surface area (Å²) < 4.78 is 0. The van der Waals surface area contributed by atoms with Crippen LogP contribution in [0.3, 0.4) is 0 Å². The van der Waals surface area contributed by atoms with E-state index in [1.54, 1.807) is 0 Å². The average molecular weight is 104 g/mol. The highest BCUT2D eigenvalue weighted by Crippen LogP contribution is 1.64. The minimum absolute atomic E-state index is 0.227. The maximum atomic E-state index is 6.97. The second-order valence-corrected chi connectivity index (χ2v) is 1.72. The van der Waals surface area contributed by atoms with Crippen LogP contribution in [0.15, 0.2) is 0 Å². The van der Waals surface area contributed by atoms with Crippen molar-refractivity contribution in [2.45, 2.75) is 19.9 Å². The van der Waals surface area contributed by atoms with Crippen molar-refractivity contribution in [3.63, 3.8) is 0 Å². The molecule has 0 bridgehead atoms. The van der Waals surface area contributed by atoms with Gasteiger partial charge in [-0.3, -0.25) is 5.17 Å². The Hall–Kier alpha value is -0.120. The van der Waals surface area contributed by atoms with E-state index in [-0.39, 0.29) is 6.04 Å². The monoisotopic (exact) mass is 104 g/mol. The molecule has 0 spiro atoms. The first-order valence-electron chi connectivity index (χ1n) is 2.31. The zero-order valence-corrected chi connectivity index (χ0v) is 4.99. The number of hydrogen-bond donors (Lipinski definition) is 1. The maximum absolute atomic E-state index is 6.97. The van der Waals surface area contributed by atoms with Crippen molar-refractivity contribution in [2.24, 2.45) is 0 Å². The minimum atomic E-state index is 0.227. The second-order valence-electron chi connectivity index (χ2n) is 1.72. The van der Waals surface area contributed by atoms with Crippen LogP contribution in [-0.4, -0.2) is 13.2 Å². The summed E-state index contributed by atoms with van der Waals surface area (Å²) in [5, 5.41) is 0.347. The van der Waals surface area contributed by atoms with E-state index < -0.39 is 0 Å². The Morgan fingerprint density at radius 2 is 2.00 bits per heavy atom. The van der Waals surface area contributed by atoms with Crippen molar-refractivity contribution in [3.05, 3.63) is 5.84 Å². The topological polar surface area (TPSA) is 37.5 Å². The fraction of sp³-hybridized carbons (Fsp3) is 1.00. The third kappa shape index (κ3) is 2.56. The van der Waals surface area contributed by atoms with Gasteiger partial charge in [-0.15, -0.1) is 0 Å². The molecule has 0 saturated heterocycles. The Morgan fingerprint density at radius 3 is 2.00 bits per heavy atom. The molecule has 0 heterocycles. The van der Waals surface area contributed by atoms with Crippen molar-refractivity contribution in [1.82, 2.24) is 0 Å². The molecule has 3 heteroatoms. The fourth-order valence-corrected chi connectivity index (χ4v) is 0.236. The molecule has 3 nitrogen and oxygen atoms in total. The molecule has 7 heavy (non-hydrogen) atoms. The van der Waals surface area contributed by atoms with E-state index >= 15 is 0 Å². The molecular weight excluding hydrogens is 92.1 g/mol. The van der Waals surface area contributed by atoms with Gasteiger partial charge in [0.1, 0.15) is 6.04 Å². The minimum Gasteiger partial charge on any atom is -0.434 e. The largest absolute Gasteiger partial charge is 0.434 e. The fourth-order valence-electron chi connectivity index (χ4n) is 0.236. The molecule has 0 aliphatic rings. The van der Waals surface area contributed by atoms with E-state index in [0.717, 1.165) is 0 Å². The molecule has 0 rings (SSSR count). The van der Waals surface area contributed by atoms with Gasteiger partial charge in [0, 0.05) is 0 Å². The van der Waals surface area contributed by atoms with E-state index in [9.17, 15) is 0 Å². The summed E-state index contributed by atoms with van der Waals surface area (Å²) in [6, 6.07) is 0.227. The molecule has 0 fully saturated rings. The van der Waals surface area contributed by atoms with Crippen LogP contribution in [0.4, 0.5) is 0 Å². The van der Waals surface area contributed by atoms with Crippen molar-refractivity contribution in [2.75, 3.05) is 7.11 Å². The Morgan fingerprint density at radius 1 is 1.57 bits per heavy atom. The van der Waals surface area contributed by atoms with Crippen molar-refractivity contribution in [3.8, 4) is 0 Å². The van der Waals surface area contributed by atoms with E-state index in [1.165, 1.54) is 7.11 Å². The van der Waals surface area contributed by atoms with Crippen molar-refractivity contribution >= 4 is 0 Å². The highest BCUT2D eigenvalue weighted by atomic mass is 16.7. The van der Waals surface area contributed by atoms with Gasteiger partial charge in [0.2, 0.25) is 0 Å². The number of hydroxylamine groups is 1. The summed E-state index contributed by atoms with van der Waals surface area (Å²) >= 11 is 0. The van der Waals surface area contributed by atoms with Crippen LogP contribution in [0.2, 0.25) is 0 Å². The van der Waals surface area contributed by atoms with Gasteiger partial charge < -0.3 is 5.84 Å². The lowest BCUT2D eigenvalue weighted by Gasteiger charge is -2.20. The summed E-state index contributed by atoms with van der Waals surface area (Å²) in [6.07, 6.45) is 0. The van der Waals surface area contributed by atoms with Gasteiger partial charge in [0.05, 0.1) is 7.11 Å². The summed E-state index contributed by atoms with van der Waals surface area (Å²) in [5.41, 5.74) is 0. The van der Waals surface area contributed by atoms with Crippen molar-refractivity contribution < 1.29 is 10.0 Å². The van der Waals surface area contributed by atoms with Crippen molar-refractivity contribution in [1.29, 1.82) is 0 Å². The lowest BCUT2D eigenvalue weighted by molar-refractivity contribution is -1.06. The summed E-state index contributed by atoms with van der Waals surface area (Å²) in [5.74, 6) is 6.97. The molecule has 0 aliphatic carbocycles. The van der Waals surface area contributed by atoms with Crippen LogP contribution in [0.5, 0.6) is 0 Å². The first kappa shape index (κ1) is 6.88. The van der Waals surface area contributed by atoms with Gasteiger partial charge >= 0.3 is 0 Å². The molecule has 44 valence electrons. The lowest BCUT2D eigenvalue weighted by Crippen LogP contribution is -3.07. The third-order valence-electron chi connectivity index (χ3n) is 0.744. The van der Waals surface area contributed by atoms with Gasteiger partial charge in [-0.05, 0) is 13.8 Å². The van der Waals surface area contributed by atoms with Crippen LogP contribution in [0.1, 0.15) is 13.8 Å². The predicted octanol–water partition coefficient (Wildman–Crippen LogP) is -0.192. The van der Waals surface area contributed by atoms with E-state index in [0.29, 0.717) is 5.17 Å². The van der Waals surface area contributed by atoms with Crippen LogP contribution in [0, 0.1) is 0 Å². The predicted molar refractivity (Wildman–Crippen MR) is 27.4 cm³/mol. The average Bonchev–Trinajstić information content (AvgIpc) is 1.65. The van der Waals surface area contributed by atoms with Gasteiger partial charge in [-0.1, -0.05) is 0 Å². The molecule has 2 N–H and O–H groups in total. The highest BCUT2D eigenvalue weighted by Gasteiger charge is 1.96. The molecule has 0 saturated carbocycles. The van der Waals surface area contributed by atoms with Gasteiger partial charge in [0.15, 0.2) is 0 Å². The van der Waals surface area contributed by atoms with Gasteiger partial charge in [-0.25, -0.2) is 4.84 Å². The van der Waals surface area contributed by atoms with Crippen LogP contribution < -0.4 is 5.17 Å².